The largest absolute Gasteiger partial charge is 0.494 e. The molecule has 1 heterocycles. The standard InChI is InChI=1S/C18H24N2O3/c1-14-8-5-6-11-18(14)16(21)20(17(22)19-18)12-7-13-23-15-9-3-2-4-10-15/h2-4,9-10,14H,5-8,11-13H2,1H3,(H,19,22)/t14-,18+/m0/s1. The average Bonchev–Trinajstić information content (AvgIpc) is 2.80. The predicted octanol–water partition coefficient (Wildman–Crippen LogP) is 2.96. The summed E-state index contributed by atoms with van der Waals surface area (Å²) in [6.07, 6.45) is 4.53. The minimum Gasteiger partial charge on any atom is -0.494 e. The van der Waals surface area contributed by atoms with Gasteiger partial charge >= 0.3 is 6.03 Å². The molecule has 5 heteroatoms. The van der Waals surface area contributed by atoms with Gasteiger partial charge in [-0.1, -0.05) is 38.0 Å². The molecule has 1 saturated heterocycles. The Labute approximate surface area is 137 Å². The van der Waals surface area contributed by atoms with Crippen molar-refractivity contribution in [2.45, 2.75) is 44.6 Å². The zero-order valence-corrected chi connectivity index (χ0v) is 13.6. The molecule has 1 aromatic carbocycles. The first kappa shape index (κ1) is 15.8. The Hall–Kier alpha value is -2.04. The highest BCUT2D eigenvalue weighted by Gasteiger charge is 2.54. The molecule has 2 fully saturated rings. The number of para-hydroxylation sites is 1. The van der Waals surface area contributed by atoms with E-state index in [1.54, 1.807) is 0 Å². The molecular formula is C18H24N2O3. The van der Waals surface area contributed by atoms with Crippen LogP contribution < -0.4 is 10.1 Å². The molecule has 1 spiro atoms. The van der Waals surface area contributed by atoms with Gasteiger partial charge in [0.1, 0.15) is 11.3 Å². The third-order valence-corrected chi connectivity index (χ3v) is 5.04. The molecule has 1 N–H and O–H groups in total. The molecule has 3 amide bonds. The van der Waals surface area contributed by atoms with Crippen LogP contribution in [-0.4, -0.2) is 35.5 Å². The van der Waals surface area contributed by atoms with Crippen molar-refractivity contribution in [2.75, 3.05) is 13.2 Å². The number of benzene rings is 1. The Kier molecular flexibility index (Phi) is 4.55. The monoisotopic (exact) mass is 316 g/mol. The van der Waals surface area contributed by atoms with E-state index < -0.39 is 5.54 Å². The fraction of sp³-hybridized carbons (Fsp3) is 0.556. The molecule has 2 atom stereocenters. The van der Waals surface area contributed by atoms with Gasteiger partial charge in [0, 0.05) is 6.54 Å². The number of ether oxygens (including phenoxy) is 1. The van der Waals surface area contributed by atoms with E-state index in [1.807, 2.05) is 30.3 Å². The van der Waals surface area contributed by atoms with Crippen molar-refractivity contribution in [1.82, 2.24) is 10.2 Å². The number of carbonyl (C=O) groups excluding carboxylic acids is 2. The second kappa shape index (κ2) is 6.60. The predicted molar refractivity (Wildman–Crippen MR) is 87.2 cm³/mol. The normalized spacial score (nSPS) is 27.3. The number of nitrogens with one attached hydrogen (secondary N) is 1. The van der Waals surface area contributed by atoms with Crippen LogP contribution in [0.2, 0.25) is 0 Å². The Morgan fingerprint density at radius 1 is 1.26 bits per heavy atom. The first-order valence-corrected chi connectivity index (χ1v) is 8.45. The van der Waals surface area contributed by atoms with Gasteiger partial charge in [0.2, 0.25) is 0 Å². The van der Waals surface area contributed by atoms with E-state index in [-0.39, 0.29) is 17.9 Å². The minimum absolute atomic E-state index is 0.0468. The molecule has 2 aliphatic rings. The van der Waals surface area contributed by atoms with Gasteiger partial charge in [0.05, 0.1) is 6.61 Å². The number of rotatable bonds is 5. The molecule has 0 unspecified atom stereocenters. The summed E-state index contributed by atoms with van der Waals surface area (Å²) in [5.41, 5.74) is -0.657. The minimum atomic E-state index is -0.657. The molecule has 124 valence electrons. The Balaban J connectivity index is 1.54. The molecule has 3 rings (SSSR count). The molecule has 0 bridgehead atoms. The van der Waals surface area contributed by atoms with Gasteiger partial charge in [0.15, 0.2) is 0 Å². The maximum absolute atomic E-state index is 12.8. The summed E-state index contributed by atoms with van der Waals surface area (Å²) in [7, 11) is 0. The van der Waals surface area contributed by atoms with Crippen LogP contribution in [0, 0.1) is 5.92 Å². The van der Waals surface area contributed by atoms with Crippen molar-refractivity contribution in [3.63, 3.8) is 0 Å². The van der Waals surface area contributed by atoms with E-state index >= 15 is 0 Å². The third-order valence-electron chi connectivity index (χ3n) is 5.04. The fourth-order valence-corrected chi connectivity index (χ4v) is 3.63. The Morgan fingerprint density at radius 2 is 2.04 bits per heavy atom. The quantitative estimate of drug-likeness (QED) is 0.671. The number of hydrogen-bond donors (Lipinski definition) is 1. The zero-order chi connectivity index (χ0) is 16.3. The van der Waals surface area contributed by atoms with Gasteiger partial charge in [-0.3, -0.25) is 9.69 Å². The van der Waals surface area contributed by atoms with Crippen molar-refractivity contribution < 1.29 is 14.3 Å². The van der Waals surface area contributed by atoms with E-state index in [1.165, 1.54) is 4.90 Å². The number of imide groups is 1. The van der Waals surface area contributed by atoms with Crippen LogP contribution in [-0.2, 0) is 4.79 Å². The number of hydrogen-bond acceptors (Lipinski definition) is 3. The zero-order valence-electron chi connectivity index (χ0n) is 13.6. The van der Waals surface area contributed by atoms with Gasteiger partial charge in [-0.2, -0.15) is 0 Å². The van der Waals surface area contributed by atoms with Crippen molar-refractivity contribution in [3.8, 4) is 5.75 Å². The second-order valence-corrected chi connectivity index (χ2v) is 6.52. The van der Waals surface area contributed by atoms with Crippen molar-refractivity contribution in [3.05, 3.63) is 30.3 Å². The molecule has 0 radical (unpaired) electrons. The van der Waals surface area contributed by atoms with E-state index in [2.05, 4.69) is 12.2 Å². The lowest BCUT2D eigenvalue weighted by Gasteiger charge is -2.36. The second-order valence-electron chi connectivity index (χ2n) is 6.52. The molecule has 1 aromatic rings. The SMILES string of the molecule is C[C@H]1CCCC[C@@]12NC(=O)N(CCCOc1ccccc1)C2=O. The van der Waals surface area contributed by atoms with Crippen molar-refractivity contribution in [1.29, 1.82) is 0 Å². The van der Waals surface area contributed by atoms with Crippen LogP contribution in [0.4, 0.5) is 4.79 Å². The number of amides is 3. The molecule has 1 saturated carbocycles. The van der Waals surface area contributed by atoms with Crippen molar-refractivity contribution >= 4 is 11.9 Å². The van der Waals surface area contributed by atoms with E-state index in [9.17, 15) is 9.59 Å². The first-order valence-electron chi connectivity index (χ1n) is 8.45. The Morgan fingerprint density at radius 3 is 2.78 bits per heavy atom. The van der Waals surface area contributed by atoms with Crippen LogP contribution in [0.15, 0.2) is 30.3 Å². The summed E-state index contributed by atoms with van der Waals surface area (Å²) in [5, 5.41) is 2.97. The van der Waals surface area contributed by atoms with Crippen LogP contribution in [0.1, 0.15) is 39.0 Å². The van der Waals surface area contributed by atoms with E-state index in [4.69, 9.17) is 4.74 Å². The smallest absolute Gasteiger partial charge is 0.325 e. The van der Waals surface area contributed by atoms with Crippen LogP contribution >= 0.6 is 0 Å². The maximum atomic E-state index is 12.8. The van der Waals surface area contributed by atoms with Gasteiger partial charge < -0.3 is 10.1 Å². The van der Waals surface area contributed by atoms with Gasteiger partial charge in [-0.05, 0) is 37.3 Å². The molecule has 5 nitrogen and oxygen atoms in total. The lowest BCUT2D eigenvalue weighted by Crippen LogP contribution is -2.53. The maximum Gasteiger partial charge on any atom is 0.325 e. The van der Waals surface area contributed by atoms with Crippen LogP contribution in [0.3, 0.4) is 0 Å². The summed E-state index contributed by atoms with van der Waals surface area (Å²) in [4.78, 5) is 26.4. The summed E-state index contributed by atoms with van der Waals surface area (Å²) in [6, 6.07) is 9.31. The highest BCUT2D eigenvalue weighted by Crippen LogP contribution is 2.38. The molecule has 23 heavy (non-hydrogen) atoms. The lowest BCUT2D eigenvalue weighted by molar-refractivity contribution is -0.134. The van der Waals surface area contributed by atoms with Gasteiger partial charge in [0.25, 0.3) is 5.91 Å². The average molecular weight is 316 g/mol. The molecular weight excluding hydrogens is 292 g/mol. The molecule has 1 aliphatic carbocycles. The number of nitrogens with zero attached hydrogens (tertiary/aromatic N) is 1. The van der Waals surface area contributed by atoms with Crippen molar-refractivity contribution in [2.24, 2.45) is 5.92 Å². The highest BCUT2D eigenvalue weighted by molar-refractivity contribution is 6.07. The Bertz CT molecular complexity index is 575. The highest BCUT2D eigenvalue weighted by atomic mass is 16.5. The topological polar surface area (TPSA) is 58.6 Å². The van der Waals surface area contributed by atoms with Crippen LogP contribution in [0.25, 0.3) is 0 Å². The summed E-state index contributed by atoms with van der Waals surface area (Å²) in [6.45, 7) is 2.97. The van der Waals surface area contributed by atoms with Gasteiger partial charge in [-0.15, -0.1) is 0 Å². The van der Waals surface area contributed by atoms with Gasteiger partial charge in [-0.25, -0.2) is 4.79 Å². The van der Waals surface area contributed by atoms with Crippen LogP contribution in [0.5, 0.6) is 5.75 Å². The van der Waals surface area contributed by atoms with E-state index in [0.717, 1.165) is 31.4 Å². The summed E-state index contributed by atoms with van der Waals surface area (Å²) < 4.78 is 5.62. The number of urea groups is 1. The number of carbonyl (C=O) groups is 2. The molecule has 1 aliphatic heterocycles. The van der Waals surface area contributed by atoms with E-state index in [0.29, 0.717) is 19.6 Å². The third kappa shape index (κ3) is 3.05. The first-order chi connectivity index (χ1) is 11.1. The lowest BCUT2D eigenvalue weighted by atomic mass is 9.73. The molecule has 0 aromatic heterocycles. The summed E-state index contributed by atoms with van der Waals surface area (Å²) in [5.74, 6) is 0.967. The fourth-order valence-electron chi connectivity index (χ4n) is 3.63. The summed E-state index contributed by atoms with van der Waals surface area (Å²) >= 11 is 0.